The van der Waals surface area contributed by atoms with Gasteiger partial charge in [0.05, 0.1) is 5.56 Å². The lowest BCUT2D eigenvalue weighted by molar-refractivity contribution is 0.102. The maximum absolute atomic E-state index is 12.6. The van der Waals surface area contributed by atoms with Crippen molar-refractivity contribution in [1.29, 1.82) is 0 Å². The molecule has 2 N–H and O–H groups in total. The highest BCUT2D eigenvalue weighted by atomic mass is 16.3. The van der Waals surface area contributed by atoms with Gasteiger partial charge in [0.25, 0.3) is 5.91 Å². The summed E-state index contributed by atoms with van der Waals surface area (Å²) in [6, 6.07) is 17.2. The molecule has 3 nitrogen and oxygen atoms in total. The Kier molecular flexibility index (Phi) is 4.02. The van der Waals surface area contributed by atoms with Gasteiger partial charge >= 0.3 is 0 Å². The molecule has 3 rings (SSSR count). The molecular weight excluding hydrogens is 286 g/mol. The molecule has 0 saturated carbocycles. The Bertz CT molecular complexity index is 884. The minimum absolute atomic E-state index is 0.0372. The van der Waals surface area contributed by atoms with Crippen molar-refractivity contribution in [2.45, 2.75) is 20.3 Å². The van der Waals surface area contributed by atoms with Crippen molar-refractivity contribution in [1.82, 2.24) is 0 Å². The first kappa shape index (κ1) is 15.1. The van der Waals surface area contributed by atoms with Crippen LogP contribution in [-0.2, 0) is 6.42 Å². The minimum atomic E-state index is -0.294. The van der Waals surface area contributed by atoms with Gasteiger partial charge in [0, 0.05) is 5.69 Å². The van der Waals surface area contributed by atoms with E-state index in [4.69, 9.17) is 0 Å². The number of aryl methyl sites for hydroxylation is 2. The fourth-order valence-electron chi connectivity index (χ4n) is 2.83. The summed E-state index contributed by atoms with van der Waals surface area (Å²) in [7, 11) is 0. The van der Waals surface area contributed by atoms with Gasteiger partial charge in [0.1, 0.15) is 5.75 Å². The van der Waals surface area contributed by atoms with E-state index in [1.165, 1.54) is 0 Å². The van der Waals surface area contributed by atoms with Gasteiger partial charge in [0.15, 0.2) is 0 Å². The predicted octanol–water partition coefficient (Wildman–Crippen LogP) is 4.67. The number of aromatic hydroxyl groups is 1. The van der Waals surface area contributed by atoms with E-state index < -0.39 is 0 Å². The van der Waals surface area contributed by atoms with Gasteiger partial charge in [-0.15, -0.1) is 0 Å². The summed E-state index contributed by atoms with van der Waals surface area (Å²) in [6.07, 6.45) is 0.833. The number of nitrogens with one attached hydrogen (secondary N) is 1. The first-order chi connectivity index (χ1) is 11.1. The molecule has 0 radical (unpaired) electrons. The van der Waals surface area contributed by atoms with Crippen molar-refractivity contribution in [2.24, 2.45) is 0 Å². The summed E-state index contributed by atoms with van der Waals surface area (Å²) >= 11 is 0. The van der Waals surface area contributed by atoms with Crippen LogP contribution in [0.5, 0.6) is 5.75 Å². The van der Waals surface area contributed by atoms with Crippen LogP contribution < -0.4 is 5.32 Å². The quantitative estimate of drug-likeness (QED) is 0.739. The number of phenolic OH excluding ortho intramolecular Hbond substituents is 1. The van der Waals surface area contributed by atoms with E-state index in [0.717, 1.165) is 34.0 Å². The van der Waals surface area contributed by atoms with E-state index in [-0.39, 0.29) is 11.7 Å². The number of rotatable bonds is 3. The van der Waals surface area contributed by atoms with Crippen LogP contribution >= 0.6 is 0 Å². The van der Waals surface area contributed by atoms with Crippen LogP contribution in [0.1, 0.15) is 28.4 Å². The highest BCUT2D eigenvalue weighted by Gasteiger charge is 2.16. The number of hydrogen-bond acceptors (Lipinski definition) is 2. The zero-order valence-electron chi connectivity index (χ0n) is 13.3. The molecule has 0 aromatic heterocycles. The van der Waals surface area contributed by atoms with Crippen molar-refractivity contribution in [2.75, 3.05) is 5.32 Å². The highest BCUT2D eigenvalue weighted by molar-refractivity contribution is 6.09. The van der Waals surface area contributed by atoms with Gasteiger partial charge in [0.2, 0.25) is 0 Å². The molecule has 0 aliphatic carbocycles. The summed E-state index contributed by atoms with van der Waals surface area (Å²) in [5.41, 5.74) is 2.87. The topological polar surface area (TPSA) is 49.3 Å². The third kappa shape index (κ3) is 2.78. The monoisotopic (exact) mass is 305 g/mol. The lowest BCUT2D eigenvalue weighted by Gasteiger charge is -2.13. The Morgan fingerprint density at radius 3 is 2.57 bits per heavy atom. The minimum Gasteiger partial charge on any atom is -0.507 e. The molecule has 0 atom stereocenters. The van der Waals surface area contributed by atoms with E-state index in [2.05, 4.69) is 5.32 Å². The molecule has 0 aliphatic rings. The Balaban J connectivity index is 2.03. The number of amides is 1. The summed E-state index contributed by atoms with van der Waals surface area (Å²) < 4.78 is 0. The third-order valence-corrected chi connectivity index (χ3v) is 4.17. The lowest BCUT2D eigenvalue weighted by atomic mass is 9.99. The second-order valence-electron chi connectivity index (χ2n) is 5.58. The van der Waals surface area contributed by atoms with Crippen LogP contribution in [0.15, 0.2) is 54.6 Å². The second kappa shape index (κ2) is 6.13. The molecule has 3 aromatic carbocycles. The lowest BCUT2D eigenvalue weighted by Crippen LogP contribution is -2.14. The number of benzene rings is 3. The molecule has 3 heteroatoms. The van der Waals surface area contributed by atoms with E-state index in [0.29, 0.717) is 5.56 Å². The number of para-hydroxylation sites is 1. The third-order valence-electron chi connectivity index (χ3n) is 4.17. The van der Waals surface area contributed by atoms with Gasteiger partial charge in [-0.2, -0.15) is 0 Å². The average molecular weight is 305 g/mol. The standard InChI is InChI=1S/C20H19NO2/c1-3-14-8-5-7-11-18(14)21-20(23)17-12-15-9-4-6-10-16(15)13(2)19(17)22/h4-12,22H,3H2,1-2H3,(H,21,23). The van der Waals surface area contributed by atoms with Crippen LogP contribution in [0.25, 0.3) is 10.8 Å². The molecule has 0 fully saturated rings. The van der Waals surface area contributed by atoms with Gasteiger partial charge in [-0.05, 0) is 47.4 Å². The first-order valence-electron chi connectivity index (χ1n) is 7.72. The zero-order valence-corrected chi connectivity index (χ0v) is 13.3. The molecule has 1 amide bonds. The number of anilines is 1. The van der Waals surface area contributed by atoms with Crippen molar-refractivity contribution >= 4 is 22.4 Å². The van der Waals surface area contributed by atoms with Crippen molar-refractivity contribution in [3.05, 3.63) is 71.3 Å². The van der Waals surface area contributed by atoms with E-state index in [1.807, 2.05) is 62.4 Å². The molecule has 0 unspecified atom stereocenters. The maximum Gasteiger partial charge on any atom is 0.259 e. The predicted molar refractivity (Wildman–Crippen MR) is 94.1 cm³/mol. The summed E-state index contributed by atoms with van der Waals surface area (Å²) in [5.74, 6) is -0.257. The van der Waals surface area contributed by atoms with E-state index >= 15 is 0 Å². The number of fused-ring (bicyclic) bond motifs is 1. The summed E-state index contributed by atoms with van der Waals surface area (Å²) in [5, 5.41) is 15.2. The first-order valence-corrected chi connectivity index (χ1v) is 7.72. The van der Waals surface area contributed by atoms with Gasteiger partial charge in [-0.1, -0.05) is 49.4 Å². The van der Waals surface area contributed by atoms with Gasteiger partial charge in [-0.3, -0.25) is 4.79 Å². The van der Waals surface area contributed by atoms with Gasteiger partial charge in [-0.25, -0.2) is 0 Å². The van der Waals surface area contributed by atoms with Crippen molar-refractivity contribution < 1.29 is 9.90 Å². The second-order valence-corrected chi connectivity index (χ2v) is 5.58. The van der Waals surface area contributed by atoms with Crippen molar-refractivity contribution in [3.63, 3.8) is 0 Å². The molecular formula is C20H19NO2. The smallest absolute Gasteiger partial charge is 0.259 e. The number of hydrogen-bond donors (Lipinski definition) is 2. The molecule has 0 heterocycles. The Labute approximate surface area is 135 Å². The maximum atomic E-state index is 12.6. The fourth-order valence-corrected chi connectivity index (χ4v) is 2.83. The largest absolute Gasteiger partial charge is 0.507 e. The van der Waals surface area contributed by atoms with Crippen LogP contribution in [0.3, 0.4) is 0 Å². The number of phenols is 1. The summed E-state index contributed by atoms with van der Waals surface area (Å²) in [4.78, 5) is 12.6. The molecule has 0 bridgehead atoms. The Hall–Kier alpha value is -2.81. The zero-order chi connectivity index (χ0) is 16.4. The van der Waals surface area contributed by atoms with E-state index in [1.54, 1.807) is 6.07 Å². The molecule has 0 saturated heterocycles. The normalized spacial score (nSPS) is 10.7. The number of carbonyl (C=O) groups is 1. The SMILES string of the molecule is CCc1ccccc1NC(=O)c1cc2ccccc2c(C)c1O. The molecule has 23 heavy (non-hydrogen) atoms. The summed E-state index contributed by atoms with van der Waals surface area (Å²) in [6.45, 7) is 3.87. The molecule has 3 aromatic rings. The van der Waals surface area contributed by atoms with Crippen LogP contribution in [0.4, 0.5) is 5.69 Å². The number of carbonyl (C=O) groups excluding carboxylic acids is 1. The highest BCUT2D eigenvalue weighted by Crippen LogP contribution is 2.31. The molecule has 116 valence electrons. The molecule has 0 aliphatic heterocycles. The van der Waals surface area contributed by atoms with E-state index in [9.17, 15) is 9.90 Å². The van der Waals surface area contributed by atoms with Gasteiger partial charge < -0.3 is 10.4 Å². The fraction of sp³-hybridized carbons (Fsp3) is 0.150. The van der Waals surface area contributed by atoms with Crippen LogP contribution in [0, 0.1) is 6.92 Å². The molecule has 0 spiro atoms. The van der Waals surface area contributed by atoms with Crippen molar-refractivity contribution in [3.8, 4) is 5.75 Å². The average Bonchev–Trinajstić information content (AvgIpc) is 2.58. The Morgan fingerprint density at radius 2 is 1.78 bits per heavy atom. The van der Waals surface area contributed by atoms with Crippen LogP contribution in [-0.4, -0.2) is 11.0 Å². The Morgan fingerprint density at radius 1 is 1.09 bits per heavy atom. The van der Waals surface area contributed by atoms with Crippen LogP contribution in [0.2, 0.25) is 0 Å².